The lowest BCUT2D eigenvalue weighted by atomic mass is 10.0. The van der Waals surface area contributed by atoms with E-state index in [2.05, 4.69) is 5.10 Å². The van der Waals surface area contributed by atoms with E-state index in [1.807, 2.05) is 42.5 Å². The van der Waals surface area contributed by atoms with Crippen molar-refractivity contribution in [2.45, 2.75) is 12.8 Å². The summed E-state index contributed by atoms with van der Waals surface area (Å²) in [5.41, 5.74) is 8.70. The van der Waals surface area contributed by atoms with Gasteiger partial charge in [0.1, 0.15) is 5.84 Å². The lowest BCUT2D eigenvalue weighted by molar-refractivity contribution is 0.0983. The Kier molecular flexibility index (Phi) is 4.52. The zero-order valence-corrected chi connectivity index (χ0v) is 13.1. The number of nitrogens with two attached hydrogens (primary N) is 1. The maximum atomic E-state index is 12.3. The Morgan fingerprint density at radius 2 is 1.75 bits per heavy atom. The molecule has 3 N–H and O–H groups in total. The number of nitrogens with one attached hydrogen (secondary N) is 1. The molecule has 120 valence electrons. The van der Waals surface area contributed by atoms with Crippen molar-refractivity contribution in [3.63, 3.8) is 0 Å². The van der Waals surface area contributed by atoms with Crippen molar-refractivity contribution >= 4 is 11.6 Å². The second kappa shape index (κ2) is 6.91. The fraction of sp³-hybridized carbons (Fsp3) is 0.105. The number of carbonyl (C=O) groups is 1. The SMILES string of the molecule is N=C(N)c1ccc(CCC(=O)c2cnn(-c3ccccc3)c2)cc1. The molecule has 5 heteroatoms. The van der Waals surface area contributed by atoms with Crippen LogP contribution in [0.1, 0.15) is 27.9 Å². The average molecular weight is 318 g/mol. The summed E-state index contributed by atoms with van der Waals surface area (Å²) in [7, 11) is 0. The Morgan fingerprint density at radius 3 is 2.42 bits per heavy atom. The highest BCUT2D eigenvalue weighted by Gasteiger charge is 2.10. The third-order valence-corrected chi connectivity index (χ3v) is 3.83. The van der Waals surface area contributed by atoms with Gasteiger partial charge in [-0.3, -0.25) is 10.2 Å². The minimum Gasteiger partial charge on any atom is -0.384 e. The summed E-state index contributed by atoms with van der Waals surface area (Å²) in [4.78, 5) is 12.3. The number of nitrogens with zero attached hydrogens (tertiary/aromatic N) is 2. The normalized spacial score (nSPS) is 10.5. The highest BCUT2D eigenvalue weighted by atomic mass is 16.1. The van der Waals surface area contributed by atoms with Crippen molar-refractivity contribution < 1.29 is 4.79 Å². The molecule has 0 aliphatic carbocycles. The van der Waals surface area contributed by atoms with E-state index in [0.29, 0.717) is 24.0 Å². The minimum atomic E-state index is 0.0472. The van der Waals surface area contributed by atoms with Gasteiger partial charge in [0.25, 0.3) is 0 Å². The van der Waals surface area contributed by atoms with Crippen LogP contribution >= 0.6 is 0 Å². The maximum Gasteiger partial charge on any atom is 0.166 e. The Hall–Kier alpha value is -3.21. The fourth-order valence-electron chi connectivity index (χ4n) is 2.44. The predicted molar refractivity (Wildman–Crippen MR) is 93.7 cm³/mol. The van der Waals surface area contributed by atoms with Gasteiger partial charge in [-0.1, -0.05) is 42.5 Å². The van der Waals surface area contributed by atoms with Gasteiger partial charge >= 0.3 is 0 Å². The summed E-state index contributed by atoms with van der Waals surface area (Å²) in [6.07, 6.45) is 4.43. The molecule has 0 aliphatic heterocycles. The van der Waals surface area contributed by atoms with E-state index >= 15 is 0 Å². The van der Waals surface area contributed by atoms with E-state index in [9.17, 15) is 4.79 Å². The van der Waals surface area contributed by atoms with E-state index in [-0.39, 0.29) is 11.6 Å². The van der Waals surface area contributed by atoms with Gasteiger partial charge in [0.2, 0.25) is 0 Å². The number of ketones is 1. The van der Waals surface area contributed by atoms with Crippen LogP contribution in [-0.2, 0) is 6.42 Å². The number of amidine groups is 1. The average Bonchev–Trinajstić information content (AvgIpc) is 3.11. The molecule has 0 fully saturated rings. The summed E-state index contributed by atoms with van der Waals surface area (Å²) >= 11 is 0. The number of nitrogen functional groups attached to an aromatic ring is 1. The van der Waals surface area contributed by atoms with Gasteiger partial charge in [-0.05, 0) is 24.1 Å². The molecule has 24 heavy (non-hydrogen) atoms. The predicted octanol–water partition coefficient (Wildman–Crippen LogP) is 2.97. The van der Waals surface area contributed by atoms with Gasteiger partial charge in [-0.25, -0.2) is 4.68 Å². The van der Waals surface area contributed by atoms with Gasteiger partial charge in [0.15, 0.2) is 5.78 Å². The molecule has 1 aromatic heterocycles. The highest BCUT2D eigenvalue weighted by molar-refractivity contribution is 5.96. The Morgan fingerprint density at radius 1 is 1.04 bits per heavy atom. The van der Waals surface area contributed by atoms with Crippen molar-refractivity contribution in [1.82, 2.24) is 9.78 Å². The molecule has 0 saturated heterocycles. The van der Waals surface area contributed by atoms with Crippen LogP contribution in [0.4, 0.5) is 0 Å². The van der Waals surface area contributed by atoms with Crippen LogP contribution < -0.4 is 5.73 Å². The van der Waals surface area contributed by atoms with Crippen LogP contribution in [0.5, 0.6) is 0 Å². The summed E-state index contributed by atoms with van der Waals surface area (Å²) in [6, 6.07) is 17.1. The molecule has 0 radical (unpaired) electrons. The fourth-order valence-corrected chi connectivity index (χ4v) is 2.44. The zero-order valence-electron chi connectivity index (χ0n) is 13.1. The van der Waals surface area contributed by atoms with Gasteiger partial charge < -0.3 is 5.73 Å². The summed E-state index contributed by atoms with van der Waals surface area (Å²) in [5, 5.41) is 11.6. The molecule has 0 saturated carbocycles. The quantitative estimate of drug-likeness (QED) is 0.416. The third-order valence-electron chi connectivity index (χ3n) is 3.83. The van der Waals surface area contributed by atoms with Gasteiger partial charge in [0, 0.05) is 18.2 Å². The number of aromatic nitrogens is 2. The van der Waals surface area contributed by atoms with Crippen molar-refractivity contribution in [3.05, 3.63) is 83.7 Å². The molecule has 2 aromatic carbocycles. The minimum absolute atomic E-state index is 0.0472. The van der Waals surface area contributed by atoms with Crippen LogP contribution in [-0.4, -0.2) is 21.4 Å². The molecule has 0 atom stereocenters. The molecule has 0 bridgehead atoms. The standard InChI is InChI=1S/C19H18N4O/c20-19(21)15-9-6-14(7-10-15)8-11-18(24)16-12-22-23(13-16)17-4-2-1-3-5-17/h1-7,9-10,12-13H,8,11H2,(H3,20,21). The lowest BCUT2D eigenvalue weighted by Crippen LogP contribution is -2.10. The topological polar surface area (TPSA) is 84.8 Å². The number of carbonyl (C=O) groups excluding carboxylic acids is 1. The maximum absolute atomic E-state index is 12.3. The molecule has 1 heterocycles. The first-order chi connectivity index (χ1) is 11.6. The number of hydrogen-bond acceptors (Lipinski definition) is 3. The van der Waals surface area contributed by atoms with E-state index in [1.165, 1.54) is 0 Å². The van der Waals surface area contributed by atoms with Crippen molar-refractivity contribution in [3.8, 4) is 5.69 Å². The summed E-state index contributed by atoms with van der Waals surface area (Å²) < 4.78 is 1.70. The first-order valence-electron chi connectivity index (χ1n) is 7.70. The second-order valence-electron chi connectivity index (χ2n) is 5.54. The molecular formula is C19H18N4O. The van der Waals surface area contributed by atoms with Crippen LogP contribution in [0.3, 0.4) is 0 Å². The van der Waals surface area contributed by atoms with E-state index < -0.39 is 0 Å². The highest BCUT2D eigenvalue weighted by Crippen LogP contribution is 2.12. The van der Waals surface area contributed by atoms with Crippen LogP contribution in [0.25, 0.3) is 5.69 Å². The lowest BCUT2D eigenvalue weighted by Gasteiger charge is -2.02. The van der Waals surface area contributed by atoms with Crippen molar-refractivity contribution in [2.75, 3.05) is 0 Å². The van der Waals surface area contributed by atoms with Crippen LogP contribution in [0.2, 0.25) is 0 Å². The Labute approximate surface area is 140 Å². The van der Waals surface area contributed by atoms with E-state index in [1.54, 1.807) is 29.2 Å². The molecule has 3 rings (SSSR count). The molecule has 0 aliphatic rings. The number of hydrogen-bond donors (Lipinski definition) is 2. The van der Waals surface area contributed by atoms with Crippen LogP contribution in [0.15, 0.2) is 67.0 Å². The second-order valence-corrected chi connectivity index (χ2v) is 5.54. The van der Waals surface area contributed by atoms with E-state index in [0.717, 1.165) is 11.3 Å². The molecule has 5 nitrogen and oxygen atoms in total. The number of benzene rings is 2. The number of para-hydroxylation sites is 1. The van der Waals surface area contributed by atoms with Gasteiger partial charge in [-0.15, -0.1) is 0 Å². The molecule has 0 unspecified atom stereocenters. The number of rotatable bonds is 6. The van der Waals surface area contributed by atoms with Gasteiger partial charge in [-0.2, -0.15) is 5.10 Å². The largest absolute Gasteiger partial charge is 0.384 e. The Balaban J connectivity index is 1.63. The third kappa shape index (κ3) is 3.57. The smallest absolute Gasteiger partial charge is 0.166 e. The monoisotopic (exact) mass is 318 g/mol. The van der Waals surface area contributed by atoms with E-state index in [4.69, 9.17) is 11.1 Å². The molecular weight excluding hydrogens is 300 g/mol. The molecule has 0 amide bonds. The zero-order chi connectivity index (χ0) is 16.9. The number of aryl methyl sites for hydroxylation is 1. The molecule has 0 spiro atoms. The Bertz CT molecular complexity index is 851. The van der Waals surface area contributed by atoms with Crippen LogP contribution in [0, 0.1) is 5.41 Å². The first kappa shape index (κ1) is 15.7. The molecule has 3 aromatic rings. The van der Waals surface area contributed by atoms with Crippen molar-refractivity contribution in [2.24, 2.45) is 5.73 Å². The van der Waals surface area contributed by atoms with Crippen molar-refractivity contribution in [1.29, 1.82) is 5.41 Å². The summed E-state index contributed by atoms with van der Waals surface area (Å²) in [5.74, 6) is 0.110. The van der Waals surface area contributed by atoms with Gasteiger partial charge in [0.05, 0.1) is 17.4 Å². The number of Topliss-reactive ketones (excluding diaryl/α,β-unsaturated/α-hetero) is 1. The summed E-state index contributed by atoms with van der Waals surface area (Å²) in [6.45, 7) is 0. The first-order valence-corrected chi connectivity index (χ1v) is 7.70.